The Morgan fingerprint density at radius 1 is 1.62 bits per heavy atom. The highest BCUT2D eigenvalue weighted by Crippen LogP contribution is 2.30. The second kappa shape index (κ2) is 5.65. The van der Waals surface area contributed by atoms with Crippen LogP contribution < -0.4 is 5.73 Å². The summed E-state index contributed by atoms with van der Waals surface area (Å²) in [4.78, 5) is 24.0. The third-order valence-electron chi connectivity index (χ3n) is 3.87. The number of aliphatic hydroxyl groups excluding tert-OH is 1. The molecule has 2 atom stereocenters. The zero-order chi connectivity index (χ0) is 15.7. The summed E-state index contributed by atoms with van der Waals surface area (Å²) in [5, 5.41) is 20.4. The normalized spacial score (nSPS) is 21.6. The monoisotopic (exact) mass is 297 g/mol. The summed E-state index contributed by atoms with van der Waals surface area (Å²) < 4.78 is 13.4. The predicted molar refractivity (Wildman–Crippen MR) is 73.2 cm³/mol. The smallest absolute Gasteiger partial charge is 0.285 e. The number of amides is 1. The molecule has 7 nitrogen and oxygen atoms in total. The van der Waals surface area contributed by atoms with Gasteiger partial charge in [0.2, 0.25) is 0 Å². The minimum absolute atomic E-state index is 0.0933. The number of carbonyl (C=O) groups is 1. The Morgan fingerprint density at radius 2 is 2.29 bits per heavy atom. The van der Waals surface area contributed by atoms with E-state index < -0.39 is 28.4 Å². The van der Waals surface area contributed by atoms with Crippen molar-refractivity contribution in [2.45, 2.75) is 19.4 Å². The molecule has 0 spiro atoms. The van der Waals surface area contributed by atoms with Crippen LogP contribution in [0.4, 0.5) is 15.8 Å². The van der Waals surface area contributed by atoms with Gasteiger partial charge in [-0.05, 0) is 18.4 Å². The molecule has 21 heavy (non-hydrogen) atoms. The topological polar surface area (TPSA) is 110 Å². The first-order valence-corrected chi connectivity index (χ1v) is 6.52. The summed E-state index contributed by atoms with van der Waals surface area (Å²) in [6, 6.07) is 1.23. The molecule has 0 saturated carbocycles. The number of likely N-dealkylation sites (tertiary alicyclic amines) is 1. The molecule has 8 heteroatoms. The first-order chi connectivity index (χ1) is 9.86. The van der Waals surface area contributed by atoms with Gasteiger partial charge in [-0.2, -0.15) is 0 Å². The van der Waals surface area contributed by atoms with Gasteiger partial charge in [-0.15, -0.1) is 0 Å². The molecule has 2 rings (SSSR count). The van der Waals surface area contributed by atoms with Crippen LogP contribution in [0.15, 0.2) is 12.1 Å². The first-order valence-electron chi connectivity index (χ1n) is 6.52. The van der Waals surface area contributed by atoms with Gasteiger partial charge in [0.1, 0.15) is 5.56 Å². The van der Waals surface area contributed by atoms with Gasteiger partial charge in [0, 0.05) is 6.54 Å². The number of nitrogens with zero attached hydrogens (tertiary/aromatic N) is 2. The number of nitrogens with two attached hydrogens (primary N) is 1. The van der Waals surface area contributed by atoms with E-state index in [0.717, 1.165) is 6.07 Å². The maximum absolute atomic E-state index is 13.4. The van der Waals surface area contributed by atoms with Crippen molar-refractivity contribution in [3.63, 3.8) is 0 Å². The van der Waals surface area contributed by atoms with Crippen molar-refractivity contribution < 1.29 is 19.2 Å². The van der Waals surface area contributed by atoms with E-state index in [1.807, 2.05) is 6.92 Å². The molecule has 0 bridgehead atoms. The van der Waals surface area contributed by atoms with Crippen molar-refractivity contribution in [2.24, 2.45) is 5.92 Å². The molecule has 0 radical (unpaired) electrons. The zero-order valence-electron chi connectivity index (χ0n) is 11.5. The van der Waals surface area contributed by atoms with E-state index in [9.17, 15) is 24.4 Å². The van der Waals surface area contributed by atoms with Gasteiger partial charge >= 0.3 is 0 Å². The fraction of sp³-hybridized carbons (Fsp3) is 0.462. The number of hydrogen-bond acceptors (Lipinski definition) is 5. The zero-order valence-corrected chi connectivity index (χ0v) is 11.5. The average molecular weight is 297 g/mol. The molecule has 3 N–H and O–H groups in total. The number of halogens is 1. The molecule has 114 valence electrons. The highest BCUT2D eigenvalue weighted by molar-refractivity contribution is 5.99. The molecule has 1 aromatic rings. The number of nitro groups is 1. The van der Waals surface area contributed by atoms with E-state index >= 15 is 0 Å². The molecule has 0 aliphatic carbocycles. The third kappa shape index (κ3) is 2.66. The van der Waals surface area contributed by atoms with E-state index in [1.54, 1.807) is 0 Å². The number of hydrogen-bond donors (Lipinski definition) is 2. The van der Waals surface area contributed by atoms with Crippen molar-refractivity contribution in [1.29, 1.82) is 0 Å². The van der Waals surface area contributed by atoms with Gasteiger partial charge in [0.05, 0.1) is 29.3 Å². The van der Waals surface area contributed by atoms with Gasteiger partial charge in [0.15, 0.2) is 5.82 Å². The lowest BCUT2D eigenvalue weighted by atomic mass is 10.0. The Balaban J connectivity index is 2.44. The molecular weight excluding hydrogens is 281 g/mol. The van der Waals surface area contributed by atoms with Crippen LogP contribution in [0.1, 0.15) is 23.7 Å². The molecular formula is C13H16FN3O4. The van der Waals surface area contributed by atoms with Crippen LogP contribution in [0.25, 0.3) is 0 Å². The number of nitro benzene ring substituents is 1. The SMILES string of the molecule is CC1CCN(C(=O)c2cc(N)c(F)cc2[N+](=O)[O-])C1CO. The average Bonchev–Trinajstić information content (AvgIpc) is 2.81. The number of nitrogen functional groups attached to an aromatic ring is 1. The van der Waals surface area contributed by atoms with E-state index in [2.05, 4.69) is 0 Å². The van der Waals surface area contributed by atoms with Crippen molar-refractivity contribution in [2.75, 3.05) is 18.9 Å². The largest absolute Gasteiger partial charge is 0.396 e. The third-order valence-corrected chi connectivity index (χ3v) is 3.87. The molecule has 1 aliphatic rings. The fourth-order valence-electron chi connectivity index (χ4n) is 2.60. The fourth-order valence-corrected chi connectivity index (χ4v) is 2.60. The lowest BCUT2D eigenvalue weighted by molar-refractivity contribution is -0.385. The second-order valence-corrected chi connectivity index (χ2v) is 5.16. The maximum Gasteiger partial charge on any atom is 0.285 e. The van der Waals surface area contributed by atoms with E-state index in [1.165, 1.54) is 4.90 Å². The Bertz CT molecular complexity index is 593. The maximum atomic E-state index is 13.4. The van der Waals surface area contributed by atoms with E-state index in [-0.39, 0.29) is 23.8 Å². The van der Waals surface area contributed by atoms with Crippen LogP contribution >= 0.6 is 0 Å². The van der Waals surface area contributed by atoms with E-state index in [4.69, 9.17) is 5.73 Å². The molecule has 1 amide bonds. The molecule has 1 aliphatic heterocycles. The summed E-state index contributed by atoms with van der Waals surface area (Å²) in [6.07, 6.45) is 0.696. The van der Waals surface area contributed by atoms with Crippen LogP contribution in [0, 0.1) is 21.8 Å². The number of anilines is 1. The van der Waals surface area contributed by atoms with Crippen LogP contribution in [0.3, 0.4) is 0 Å². The number of benzene rings is 1. The van der Waals surface area contributed by atoms with Crippen molar-refractivity contribution in [3.05, 3.63) is 33.6 Å². The summed E-state index contributed by atoms with van der Waals surface area (Å²) in [5.41, 5.74) is 4.20. The summed E-state index contributed by atoms with van der Waals surface area (Å²) >= 11 is 0. The van der Waals surface area contributed by atoms with Crippen LogP contribution in [-0.4, -0.2) is 40.0 Å². The van der Waals surface area contributed by atoms with Gasteiger partial charge in [-0.3, -0.25) is 14.9 Å². The first kappa shape index (κ1) is 15.2. The van der Waals surface area contributed by atoms with Crippen molar-refractivity contribution >= 4 is 17.3 Å². The molecule has 1 fully saturated rings. The quantitative estimate of drug-likeness (QED) is 0.494. The van der Waals surface area contributed by atoms with Crippen LogP contribution in [0.2, 0.25) is 0 Å². The Morgan fingerprint density at radius 3 is 2.86 bits per heavy atom. The number of aliphatic hydroxyl groups is 1. The van der Waals surface area contributed by atoms with Gasteiger partial charge in [0.25, 0.3) is 11.6 Å². The Hall–Kier alpha value is -2.22. The lowest BCUT2D eigenvalue weighted by Crippen LogP contribution is -2.40. The molecule has 1 saturated heterocycles. The van der Waals surface area contributed by atoms with E-state index in [0.29, 0.717) is 19.0 Å². The van der Waals surface area contributed by atoms with Crippen LogP contribution in [0.5, 0.6) is 0 Å². The van der Waals surface area contributed by atoms with Gasteiger partial charge in [-0.1, -0.05) is 6.92 Å². The second-order valence-electron chi connectivity index (χ2n) is 5.16. The number of rotatable bonds is 3. The lowest BCUT2D eigenvalue weighted by Gasteiger charge is -2.25. The molecule has 1 heterocycles. The highest BCUT2D eigenvalue weighted by atomic mass is 19.1. The minimum atomic E-state index is -0.938. The van der Waals surface area contributed by atoms with Gasteiger partial charge in [-0.25, -0.2) is 4.39 Å². The van der Waals surface area contributed by atoms with Crippen LogP contribution in [-0.2, 0) is 0 Å². The van der Waals surface area contributed by atoms with Crippen molar-refractivity contribution in [1.82, 2.24) is 4.90 Å². The summed E-state index contributed by atoms with van der Waals surface area (Å²) in [7, 11) is 0. The summed E-state index contributed by atoms with van der Waals surface area (Å²) in [5.74, 6) is -1.46. The highest BCUT2D eigenvalue weighted by Gasteiger charge is 2.37. The van der Waals surface area contributed by atoms with Crippen molar-refractivity contribution in [3.8, 4) is 0 Å². The predicted octanol–water partition coefficient (Wildman–Crippen LogP) is 1.16. The minimum Gasteiger partial charge on any atom is -0.396 e. The van der Waals surface area contributed by atoms with Gasteiger partial charge < -0.3 is 15.7 Å². The Kier molecular flexibility index (Phi) is 4.08. The number of carbonyl (C=O) groups excluding carboxylic acids is 1. The molecule has 2 unspecified atom stereocenters. The Labute approximate surface area is 120 Å². The molecule has 0 aromatic heterocycles. The standard InChI is InChI=1S/C13H16FN3O4/c1-7-2-3-16(12(7)6-18)13(19)8-4-10(15)9(14)5-11(8)17(20)21/h4-5,7,12,18H,2-3,6,15H2,1H3. The molecule has 1 aromatic carbocycles. The summed E-state index contributed by atoms with van der Waals surface area (Å²) in [6.45, 7) is 2.05.